The molecule has 0 radical (unpaired) electrons. The van der Waals surface area contributed by atoms with Gasteiger partial charge in [0.1, 0.15) is 17.0 Å². The Morgan fingerprint density at radius 2 is 1.78 bits per heavy atom. The van der Waals surface area contributed by atoms with Crippen LogP contribution in [0, 0.1) is 0 Å². The summed E-state index contributed by atoms with van der Waals surface area (Å²) in [7, 11) is -3.44. The summed E-state index contributed by atoms with van der Waals surface area (Å²) < 4.78 is 64.9. The highest BCUT2D eigenvalue weighted by atomic mass is 32.2. The van der Waals surface area contributed by atoms with Crippen LogP contribution in [0.3, 0.4) is 0 Å². The first-order valence-corrected chi connectivity index (χ1v) is 13.7. The Morgan fingerprint density at radius 1 is 1.11 bits per heavy atom. The normalized spacial score (nSPS) is 15.1. The predicted octanol–water partition coefficient (Wildman–Crippen LogP) is 3.84. The van der Waals surface area contributed by atoms with Crippen molar-refractivity contribution in [2.24, 2.45) is 0 Å². The fourth-order valence-corrected chi connectivity index (χ4v) is 5.58. The summed E-state index contributed by atoms with van der Waals surface area (Å²) in [6.07, 6.45) is -3.75. The number of amides is 1. The SMILES string of the molecule is CC(C)S(=O)(=O)Nc1ccc(CC(=O)N2CCN(c3ncnc4sc(CC(F)(F)F)cc34)CC2)cc1. The first-order chi connectivity index (χ1) is 16.9. The fraction of sp³-hybridized carbons (Fsp3) is 0.435. The van der Waals surface area contributed by atoms with E-state index in [1.807, 2.05) is 4.90 Å². The second-order valence-corrected chi connectivity index (χ2v) is 12.2. The molecular formula is C23H26F3N5O3S2. The number of alkyl halides is 3. The van der Waals surface area contributed by atoms with Gasteiger partial charge in [-0.2, -0.15) is 13.2 Å². The number of fused-ring (bicyclic) bond motifs is 1. The third kappa shape index (κ3) is 6.25. The van der Waals surface area contributed by atoms with E-state index in [4.69, 9.17) is 0 Å². The number of rotatable bonds is 7. The van der Waals surface area contributed by atoms with Gasteiger partial charge in [0.15, 0.2) is 0 Å². The Bertz CT molecular complexity index is 1330. The molecule has 36 heavy (non-hydrogen) atoms. The van der Waals surface area contributed by atoms with Crippen LogP contribution in [0.4, 0.5) is 24.7 Å². The first-order valence-electron chi connectivity index (χ1n) is 11.3. The summed E-state index contributed by atoms with van der Waals surface area (Å²) in [6.45, 7) is 5.09. The maximum absolute atomic E-state index is 12.8. The number of nitrogens with zero attached hydrogens (tertiary/aromatic N) is 4. The lowest BCUT2D eigenvalue weighted by molar-refractivity contribution is -0.130. The van der Waals surface area contributed by atoms with Crippen LogP contribution in [-0.2, 0) is 27.7 Å². The number of carbonyl (C=O) groups is 1. The number of thiophene rings is 1. The number of sulfonamides is 1. The molecule has 1 fully saturated rings. The van der Waals surface area contributed by atoms with Crippen molar-refractivity contribution in [1.29, 1.82) is 0 Å². The lowest BCUT2D eigenvalue weighted by atomic mass is 10.1. The Balaban J connectivity index is 1.36. The summed E-state index contributed by atoms with van der Waals surface area (Å²) in [5.41, 5.74) is 1.21. The maximum atomic E-state index is 12.8. The number of hydrogen-bond donors (Lipinski definition) is 1. The van der Waals surface area contributed by atoms with Gasteiger partial charge >= 0.3 is 6.18 Å². The number of benzene rings is 1. The van der Waals surface area contributed by atoms with Crippen LogP contribution in [-0.4, -0.2) is 66.8 Å². The minimum absolute atomic E-state index is 0.0546. The van der Waals surface area contributed by atoms with Gasteiger partial charge in [-0.05, 0) is 37.6 Å². The van der Waals surface area contributed by atoms with Crippen LogP contribution >= 0.6 is 11.3 Å². The second-order valence-electron chi connectivity index (χ2n) is 8.86. The van der Waals surface area contributed by atoms with Gasteiger partial charge in [0.2, 0.25) is 15.9 Å². The quantitative estimate of drug-likeness (QED) is 0.489. The standard InChI is InChI=1S/C23H26F3N5O3S2/c1-15(2)36(33,34)29-17-5-3-16(4-6-17)11-20(32)30-7-9-31(10-8-30)21-19-12-18(13-23(24,25)26)35-22(19)28-14-27-21/h3-6,12,14-15,29H,7-11,13H2,1-2H3. The number of aromatic nitrogens is 2. The zero-order valence-electron chi connectivity index (χ0n) is 19.7. The van der Waals surface area contributed by atoms with E-state index in [0.29, 0.717) is 47.9 Å². The molecule has 0 saturated carbocycles. The Morgan fingerprint density at radius 3 is 2.39 bits per heavy atom. The number of nitrogens with one attached hydrogen (secondary N) is 1. The molecule has 0 spiro atoms. The van der Waals surface area contributed by atoms with Crippen molar-refractivity contribution in [2.45, 2.75) is 38.1 Å². The van der Waals surface area contributed by atoms with Gasteiger partial charge in [-0.1, -0.05) is 12.1 Å². The van der Waals surface area contributed by atoms with E-state index in [0.717, 1.165) is 16.9 Å². The maximum Gasteiger partial charge on any atom is 0.393 e. The number of piperazine rings is 1. The van der Waals surface area contributed by atoms with E-state index in [1.165, 1.54) is 12.4 Å². The molecule has 1 saturated heterocycles. The molecule has 1 aliphatic heterocycles. The smallest absolute Gasteiger partial charge is 0.352 e. The third-order valence-corrected chi connectivity index (χ3v) is 8.66. The molecule has 0 bridgehead atoms. The van der Waals surface area contributed by atoms with E-state index in [-0.39, 0.29) is 17.2 Å². The minimum atomic E-state index is -4.29. The summed E-state index contributed by atoms with van der Waals surface area (Å²) >= 11 is 1.01. The molecule has 194 valence electrons. The van der Waals surface area contributed by atoms with Gasteiger partial charge in [-0.25, -0.2) is 18.4 Å². The molecule has 1 amide bonds. The van der Waals surface area contributed by atoms with Crippen molar-refractivity contribution in [3.05, 3.63) is 47.1 Å². The van der Waals surface area contributed by atoms with Crippen LogP contribution in [0.25, 0.3) is 10.2 Å². The molecule has 3 heterocycles. The number of anilines is 2. The van der Waals surface area contributed by atoms with Crippen molar-refractivity contribution in [3.63, 3.8) is 0 Å². The summed E-state index contributed by atoms with van der Waals surface area (Å²) in [5, 5.41) is 0.0345. The molecule has 8 nitrogen and oxygen atoms in total. The van der Waals surface area contributed by atoms with Crippen molar-refractivity contribution in [1.82, 2.24) is 14.9 Å². The monoisotopic (exact) mass is 541 g/mol. The Hall–Kier alpha value is -2.93. The molecule has 1 N–H and O–H groups in total. The lowest BCUT2D eigenvalue weighted by Gasteiger charge is -2.35. The van der Waals surface area contributed by atoms with Crippen molar-refractivity contribution in [3.8, 4) is 0 Å². The van der Waals surface area contributed by atoms with Crippen LogP contribution < -0.4 is 9.62 Å². The van der Waals surface area contributed by atoms with Gasteiger partial charge in [-0.15, -0.1) is 11.3 Å². The zero-order valence-corrected chi connectivity index (χ0v) is 21.4. The van der Waals surface area contributed by atoms with Crippen LogP contribution in [0.5, 0.6) is 0 Å². The summed E-state index contributed by atoms with van der Waals surface area (Å²) in [6, 6.07) is 8.22. The molecule has 1 aromatic carbocycles. The van der Waals surface area contributed by atoms with Crippen LogP contribution in [0.15, 0.2) is 36.7 Å². The fourth-order valence-electron chi connectivity index (χ4n) is 3.86. The molecule has 0 unspecified atom stereocenters. The number of hydrogen-bond acceptors (Lipinski definition) is 7. The van der Waals surface area contributed by atoms with E-state index >= 15 is 0 Å². The van der Waals surface area contributed by atoms with Gasteiger partial charge < -0.3 is 9.80 Å². The van der Waals surface area contributed by atoms with Gasteiger partial charge in [0.25, 0.3) is 0 Å². The highest BCUT2D eigenvalue weighted by molar-refractivity contribution is 7.93. The zero-order chi connectivity index (χ0) is 26.1. The first kappa shape index (κ1) is 26.1. The lowest BCUT2D eigenvalue weighted by Crippen LogP contribution is -2.49. The number of carbonyl (C=O) groups excluding carboxylic acids is 1. The topological polar surface area (TPSA) is 95.5 Å². The molecule has 0 atom stereocenters. The van der Waals surface area contributed by atoms with Crippen molar-refractivity contribution < 1.29 is 26.4 Å². The molecule has 4 rings (SSSR count). The molecule has 3 aromatic rings. The number of halogens is 3. The summed E-state index contributed by atoms with van der Waals surface area (Å²) in [4.78, 5) is 25.7. The van der Waals surface area contributed by atoms with Crippen molar-refractivity contribution >= 4 is 49.0 Å². The average Bonchev–Trinajstić information content (AvgIpc) is 3.21. The van der Waals surface area contributed by atoms with Gasteiger partial charge in [0.05, 0.1) is 23.5 Å². The van der Waals surface area contributed by atoms with E-state index < -0.39 is 27.9 Å². The molecule has 0 aliphatic carbocycles. The second kappa shape index (κ2) is 10.2. The Labute approximate surface area is 211 Å². The van der Waals surface area contributed by atoms with Crippen LogP contribution in [0.2, 0.25) is 0 Å². The van der Waals surface area contributed by atoms with Crippen LogP contribution in [0.1, 0.15) is 24.3 Å². The highest BCUT2D eigenvalue weighted by Gasteiger charge is 2.30. The molecule has 13 heteroatoms. The van der Waals surface area contributed by atoms with Crippen molar-refractivity contribution in [2.75, 3.05) is 35.8 Å². The highest BCUT2D eigenvalue weighted by Crippen LogP contribution is 2.34. The van der Waals surface area contributed by atoms with Gasteiger partial charge in [-0.3, -0.25) is 9.52 Å². The predicted molar refractivity (Wildman–Crippen MR) is 134 cm³/mol. The molecular weight excluding hydrogens is 515 g/mol. The third-order valence-electron chi connectivity index (χ3n) is 5.86. The largest absolute Gasteiger partial charge is 0.393 e. The molecule has 1 aliphatic rings. The Kier molecular flexibility index (Phi) is 7.41. The molecule has 2 aromatic heterocycles. The summed E-state index contributed by atoms with van der Waals surface area (Å²) in [5.74, 6) is 0.525. The minimum Gasteiger partial charge on any atom is -0.352 e. The van der Waals surface area contributed by atoms with E-state index in [1.54, 1.807) is 43.0 Å². The van der Waals surface area contributed by atoms with Gasteiger partial charge in [0, 0.05) is 36.7 Å². The van der Waals surface area contributed by atoms with E-state index in [9.17, 15) is 26.4 Å². The van der Waals surface area contributed by atoms with E-state index in [2.05, 4.69) is 14.7 Å². The average molecular weight is 542 g/mol.